The molecule has 1 aromatic heterocycles. The van der Waals surface area contributed by atoms with Gasteiger partial charge in [0.05, 0.1) is 13.2 Å². The van der Waals surface area contributed by atoms with Gasteiger partial charge >= 0.3 is 11.7 Å². The van der Waals surface area contributed by atoms with E-state index in [9.17, 15) is 9.59 Å². The zero-order chi connectivity index (χ0) is 25.9. The molecule has 2 unspecified atom stereocenters. The molecule has 2 atom stereocenters. The Morgan fingerprint density at radius 3 is 2.67 bits per heavy atom. The molecule has 0 radical (unpaired) electrons. The predicted octanol–water partition coefficient (Wildman–Crippen LogP) is 5.37. The third-order valence-corrected chi connectivity index (χ3v) is 5.84. The molecule has 3 rings (SSSR count). The Morgan fingerprint density at radius 1 is 1.19 bits per heavy atom. The fourth-order valence-electron chi connectivity index (χ4n) is 3.90. The van der Waals surface area contributed by atoms with Crippen LogP contribution in [0.3, 0.4) is 0 Å². The van der Waals surface area contributed by atoms with Crippen molar-refractivity contribution in [2.75, 3.05) is 6.61 Å². The van der Waals surface area contributed by atoms with Crippen LogP contribution in [0.4, 0.5) is 0 Å². The maximum absolute atomic E-state index is 12.4. The van der Waals surface area contributed by atoms with Crippen LogP contribution < -0.4 is 10.5 Å². The van der Waals surface area contributed by atoms with Crippen LogP contribution in [0.15, 0.2) is 81.1 Å². The minimum atomic E-state index is -0.656. The van der Waals surface area contributed by atoms with Crippen LogP contribution in [-0.4, -0.2) is 28.5 Å². The SMILES string of the molecule is CC/C=C(\C=C1\C=CC=CC1C)Cn1nc(CCCc2ccc(OC(C)C(=O)OCC)cc2)oc1=O. The molecule has 7 nitrogen and oxygen atoms in total. The number of nitrogens with zero attached hydrogens (tertiary/aromatic N) is 2. The summed E-state index contributed by atoms with van der Waals surface area (Å²) in [6, 6.07) is 7.61. The molecule has 0 saturated carbocycles. The number of carbonyl (C=O) groups is 1. The lowest BCUT2D eigenvalue weighted by Crippen LogP contribution is -2.26. The van der Waals surface area contributed by atoms with E-state index in [1.807, 2.05) is 30.3 Å². The van der Waals surface area contributed by atoms with E-state index >= 15 is 0 Å². The fraction of sp³-hybridized carbons (Fsp3) is 0.414. The Kier molecular flexibility index (Phi) is 10.1. The van der Waals surface area contributed by atoms with Crippen molar-refractivity contribution in [2.24, 2.45) is 5.92 Å². The van der Waals surface area contributed by atoms with Gasteiger partial charge in [0.1, 0.15) is 5.75 Å². The highest BCUT2D eigenvalue weighted by Gasteiger charge is 2.15. The molecular formula is C29H36N2O5. The number of hydrogen-bond acceptors (Lipinski definition) is 6. The number of esters is 1. The van der Waals surface area contributed by atoms with E-state index in [2.05, 4.69) is 49.3 Å². The molecule has 0 N–H and O–H groups in total. The van der Waals surface area contributed by atoms with E-state index in [1.54, 1.807) is 13.8 Å². The number of allylic oxidation sites excluding steroid dienone is 8. The van der Waals surface area contributed by atoms with Gasteiger partial charge in [-0.1, -0.05) is 62.4 Å². The zero-order valence-electron chi connectivity index (χ0n) is 21.6. The minimum Gasteiger partial charge on any atom is -0.479 e. The van der Waals surface area contributed by atoms with E-state index in [4.69, 9.17) is 13.9 Å². The monoisotopic (exact) mass is 492 g/mol. The third kappa shape index (κ3) is 7.97. The molecule has 0 spiro atoms. The lowest BCUT2D eigenvalue weighted by molar-refractivity contribution is -0.150. The van der Waals surface area contributed by atoms with E-state index < -0.39 is 11.9 Å². The number of aryl methyl sites for hydroxylation is 2. The highest BCUT2D eigenvalue weighted by atomic mass is 16.6. The van der Waals surface area contributed by atoms with Crippen molar-refractivity contribution in [3.63, 3.8) is 0 Å². The first kappa shape index (κ1) is 27.0. The number of hydrogen-bond donors (Lipinski definition) is 0. The molecule has 2 aromatic rings. The number of benzene rings is 1. The summed E-state index contributed by atoms with van der Waals surface area (Å²) in [5.41, 5.74) is 3.37. The molecule has 0 bridgehead atoms. The molecule has 36 heavy (non-hydrogen) atoms. The molecule has 7 heteroatoms. The van der Waals surface area contributed by atoms with Gasteiger partial charge in [0.25, 0.3) is 0 Å². The average molecular weight is 493 g/mol. The van der Waals surface area contributed by atoms with Crippen LogP contribution in [0.2, 0.25) is 0 Å². The summed E-state index contributed by atoms with van der Waals surface area (Å²) in [6.07, 6.45) is 15.0. The summed E-state index contributed by atoms with van der Waals surface area (Å²) in [4.78, 5) is 24.1. The molecule has 1 aliphatic rings. The lowest BCUT2D eigenvalue weighted by atomic mass is 9.94. The fourth-order valence-corrected chi connectivity index (χ4v) is 3.90. The van der Waals surface area contributed by atoms with Crippen molar-refractivity contribution in [1.29, 1.82) is 0 Å². The zero-order valence-corrected chi connectivity index (χ0v) is 21.6. The quantitative estimate of drug-likeness (QED) is 0.371. The lowest BCUT2D eigenvalue weighted by Gasteiger charge is -2.13. The smallest absolute Gasteiger partial charge is 0.437 e. The summed E-state index contributed by atoms with van der Waals surface area (Å²) < 4.78 is 17.4. The van der Waals surface area contributed by atoms with Gasteiger partial charge in [0.2, 0.25) is 5.89 Å². The number of carbonyl (C=O) groups excluding carboxylic acids is 1. The first-order chi connectivity index (χ1) is 17.4. The molecule has 1 heterocycles. The second-order valence-corrected chi connectivity index (χ2v) is 8.79. The van der Waals surface area contributed by atoms with Gasteiger partial charge in [-0.2, -0.15) is 4.68 Å². The van der Waals surface area contributed by atoms with Crippen molar-refractivity contribution in [1.82, 2.24) is 9.78 Å². The number of rotatable bonds is 12. The topological polar surface area (TPSA) is 83.6 Å². The van der Waals surface area contributed by atoms with Crippen molar-refractivity contribution in [3.8, 4) is 5.75 Å². The highest BCUT2D eigenvalue weighted by Crippen LogP contribution is 2.21. The van der Waals surface area contributed by atoms with E-state index in [1.165, 1.54) is 10.3 Å². The Hall–Kier alpha value is -3.61. The maximum Gasteiger partial charge on any atom is 0.437 e. The largest absolute Gasteiger partial charge is 0.479 e. The molecule has 0 fully saturated rings. The van der Waals surface area contributed by atoms with Gasteiger partial charge in [-0.05, 0) is 67.9 Å². The second-order valence-electron chi connectivity index (χ2n) is 8.79. The molecule has 1 aliphatic carbocycles. The summed E-state index contributed by atoms with van der Waals surface area (Å²) >= 11 is 0. The standard InChI is InChI=1S/C29H36N2O5/c1-5-10-24(19-25-13-8-7-11-21(25)3)20-31-29(33)36-27(30-31)14-9-12-23-15-17-26(18-16-23)35-22(4)28(32)34-6-2/h7-8,10-11,13,15-19,21-22H,5-6,9,12,14,20H2,1-4H3/b24-10+,25-19-. The van der Waals surface area contributed by atoms with Gasteiger partial charge in [-0.15, -0.1) is 5.10 Å². The molecule has 0 amide bonds. The van der Waals surface area contributed by atoms with Crippen LogP contribution in [0.25, 0.3) is 0 Å². The summed E-state index contributed by atoms with van der Waals surface area (Å²) in [5, 5.41) is 4.43. The summed E-state index contributed by atoms with van der Waals surface area (Å²) in [6.45, 7) is 8.38. The summed E-state index contributed by atoms with van der Waals surface area (Å²) in [7, 11) is 0. The Morgan fingerprint density at radius 2 is 1.97 bits per heavy atom. The first-order valence-electron chi connectivity index (χ1n) is 12.6. The Balaban J connectivity index is 1.53. The number of ether oxygens (including phenoxy) is 2. The van der Waals surface area contributed by atoms with Crippen LogP contribution in [0.5, 0.6) is 5.75 Å². The molecule has 0 aliphatic heterocycles. The van der Waals surface area contributed by atoms with Crippen LogP contribution in [0, 0.1) is 5.92 Å². The highest BCUT2D eigenvalue weighted by molar-refractivity contribution is 5.74. The molecule has 192 valence electrons. The van der Waals surface area contributed by atoms with Crippen LogP contribution >= 0.6 is 0 Å². The van der Waals surface area contributed by atoms with Crippen molar-refractivity contribution >= 4 is 5.97 Å². The van der Waals surface area contributed by atoms with Crippen molar-refractivity contribution in [3.05, 3.63) is 93.9 Å². The average Bonchev–Trinajstić information content (AvgIpc) is 3.20. The van der Waals surface area contributed by atoms with Crippen LogP contribution in [-0.2, 0) is 28.9 Å². The second kappa shape index (κ2) is 13.5. The Labute approximate surface area is 212 Å². The summed E-state index contributed by atoms with van der Waals surface area (Å²) in [5.74, 6) is 0.579. The van der Waals surface area contributed by atoms with Gasteiger partial charge < -0.3 is 13.9 Å². The molecule has 1 aromatic carbocycles. The van der Waals surface area contributed by atoms with Gasteiger partial charge in [0, 0.05) is 6.42 Å². The normalized spacial score (nSPS) is 17.4. The van der Waals surface area contributed by atoms with E-state index in [0.29, 0.717) is 37.1 Å². The third-order valence-electron chi connectivity index (χ3n) is 5.84. The molecular weight excluding hydrogens is 456 g/mol. The van der Waals surface area contributed by atoms with Crippen LogP contribution in [0.1, 0.15) is 52.0 Å². The van der Waals surface area contributed by atoms with Crippen molar-refractivity contribution in [2.45, 2.75) is 66.0 Å². The predicted molar refractivity (Wildman–Crippen MR) is 140 cm³/mol. The van der Waals surface area contributed by atoms with E-state index in [0.717, 1.165) is 30.4 Å². The number of aromatic nitrogens is 2. The molecule has 0 saturated heterocycles. The minimum absolute atomic E-state index is 0.326. The van der Waals surface area contributed by atoms with Crippen molar-refractivity contribution < 1.29 is 18.7 Å². The van der Waals surface area contributed by atoms with Gasteiger partial charge in [-0.25, -0.2) is 9.59 Å². The maximum atomic E-state index is 12.4. The first-order valence-corrected chi connectivity index (χ1v) is 12.6. The van der Waals surface area contributed by atoms with Gasteiger partial charge in [0.15, 0.2) is 6.10 Å². The Bertz CT molecular complexity index is 1180. The van der Waals surface area contributed by atoms with E-state index in [-0.39, 0.29) is 5.97 Å². The van der Waals surface area contributed by atoms with Gasteiger partial charge in [-0.3, -0.25) is 0 Å².